The highest BCUT2D eigenvalue weighted by atomic mass is 35.5. The summed E-state index contributed by atoms with van der Waals surface area (Å²) in [4.78, 5) is 0. The van der Waals surface area contributed by atoms with Gasteiger partial charge in [0.1, 0.15) is 5.75 Å². The van der Waals surface area contributed by atoms with Crippen molar-refractivity contribution in [3.8, 4) is 17.2 Å². The molecule has 15 heavy (non-hydrogen) atoms. The molecule has 0 aliphatic heterocycles. The quantitative estimate of drug-likeness (QED) is 0.851. The molecule has 0 saturated carbocycles. The molecule has 4 nitrogen and oxygen atoms in total. The minimum atomic E-state index is -0.0347. The second-order valence-electron chi connectivity index (χ2n) is 2.93. The summed E-state index contributed by atoms with van der Waals surface area (Å²) in [5.74, 6) is 0.721. The van der Waals surface area contributed by atoms with Gasteiger partial charge in [0.15, 0.2) is 10.9 Å². The number of benzene rings is 1. The first-order chi connectivity index (χ1) is 7.22. The first-order valence-corrected chi connectivity index (χ1v) is 4.67. The van der Waals surface area contributed by atoms with Gasteiger partial charge in [-0.25, -0.2) is 4.68 Å². The summed E-state index contributed by atoms with van der Waals surface area (Å²) in [6.45, 7) is 0. The Bertz CT molecular complexity index is 465. The van der Waals surface area contributed by atoms with Gasteiger partial charge in [-0.15, -0.1) is 0 Å². The zero-order valence-corrected chi connectivity index (χ0v) is 8.77. The van der Waals surface area contributed by atoms with E-state index in [0.29, 0.717) is 0 Å². The van der Waals surface area contributed by atoms with Crippen LogP contribution in [0.5, 0.6) is 11.5 Å². The van der Waals surface area contributed by atoms with Crippen LogP contribution >= 0.6 is 11.6 Å². The molecule has 0 atom stereocenters. The standard InChI is InChI=1S/C10H9ClN2O2/c1-15-8-4-2-7(3-5-8)13-10(11)9(14)6-12-13/h2-6,14H,1H3. The van der Waals surface area contributed by atoms with E-state index in [-0.39, 0.29) is 10.9 Å². The van der Waals surface area contributed by atoms with Gasteiger partial charge >= 0.3 is 0 Å². The predicted octanol–water partition coefficient (Wildman–Crippen LogP) is 2.24. The molecule has 0 spiro atoms. The Morgan fingerprint density at radius 3 is 2.47 bits per heavy atom. The van der Waals surface area contributed by atoms with Gasteiger partial charge in [0.2, 0.25) is 0 Å². The van der Waals surface area contributed by atoms with Crippen molar-refractivity contribution in [3.05, 3.63) is 35.6 Å². The average molecular weight is 225 g/mol. The number of hydrogen-bond donors (Lipinski definition) is 1. The number of nitrogens with zero attached hydrogens (tertiary/aromatic N) is 2. The normalized spacial score (nSPS) is 10.3. The lowest BCUT2D eigenvalue weighted by atomic mass is 10.3. The SMILES string of the molecule is COc1ccc(-n2ncc(O)c2Cl)cc1. The summed E-state index contributed by atoms with van der Waals surface area (Å²) >= 11 is 5.84. The van der Waals surface area contributed by atoms with Crippen molar-refractivity contribution in [3.63, 3.8) is 0 Å². The van der Waals surface area contributed by atoms with Crippen LogP contribution in [0.2, 0.25) is 5.15 Å². The molecule has 0 fully saturated rings. The third-order valence-electron chi connectivity index (χ3n) is 2.01. The van der Waals surface area contributed by atoms with Gasteiger partial charge in [-0.3, -0.25) is 0 Å². The Morgan fingerprint density at radius 1 is 1.33 bits per heavy atom. The molecule has 0 saturated heterocycles. The average Bonchev–Trinajstić information content (AvgIpc) is 2.60. The summed E-state index contributed by atoms with van der Waals surface area (Å²) in [6, 6.07) is 7.20. The van der Waals surface area contributed by atoms with Gasteiger partial charge in [0.25, 0.3) is 0 Å². The van der Waals surface area contributed by atoms with E-state index in [0.717, 1.165) is 11.4 Å². The second kappa shape index (κ2) is 3.82. The van der Waals surface area contributed by atoms with E-state index in [1.165, 1.54) is 10.9 Å². The molecule has 1 heterocycles. The Morgan fingerprint density at radius 2 is 2.00 bits per heavy atom. The summed E-state index contributed by atoms with van der Waals surface area (Å²) in [6.07, 6.45) is 1.30. The third kappa shape index (κ3) is 1.76. The van der Waals surface area contributed by atoms with E-state index < -0.39 is 0 Å². The topological polar surface area (TPSA) is 47.3 Å². The van der Waals surface area contributed by atoms with Crippen molar-refractivity contribution >= 4 is 11.6 Å². The molecule has 0 aliphatic carbocycles. The number of ether oxygens (including phenoxy) is 1. The predicted molar refractivity (Wildman–Crippen MR) is 56.8 cm³/mol. The van der Waals surface area contributed by atoms with Crippen LogP contribution < -0.4 is 4.74 Å². The van der Waals surface area contributed by atoms with Crippen LogP contribution in [-0.4, -0.2) is 22.0 Å². The van der Waals surface area contributed by atoms with E-state index in [1.54, 1.807) is 31.4 Å². The highest BCUT2D eigenvalue weighted by molar-refractivity contribution is 6.31. The molecule has 2 rings (SSSR count). The van der Waals surface area contributed by atoms with Gasteiger partial charge in [-0.2, -0.15) is 5.10 Å². The molecule has 5 heteroatoms. The highest BCUT2D eigenvalue weighted by Crippen LogP contribution is 2.25. The van der Waals surface area contributed by atoms with Gasteiger partial charge in [-0.1, -0.05) is 11.6 Å². The number of rotatable bonds is 2. The maximum absolute atomic E-state index is 9.26. The van der Waals surface area contributed by atoms with Gasteiger partial charge in [0, 0.05) is 0 Å². The number of hydrogen-bond acceptors (Lipinski definition) is 3. The van der Waals surface area contributed by atoms with Crippen molar-refractivity contribution in [1.29, 1.82) is 0 Å². The molecular formula is C10H9ClN2O2. The molecule has 0 aliphatic rings. The lowest BCUT2D eigenvalue weighted by molar-refractivity contribution is 0.414. The Kier molecular flexibility index (Phi) is 2.51. The fourth-order valence-corrected chi connectivity index (χ4v) is 1.42. The number of methoxy groups -OCH3 is 1. The van der Waals surface area contributed by atoms with E-state index >= 15 is 0 Å². The van der Waals surface area contributed by atoms with Gasteiger partial charge < -0.3 is 9.84 Å². The number of halogens is 1. The minimum absolute atomic E-state index is 0.0347. The fourth-order valence-electron chi connectivity index (χ4n) is 1.23. The lowest BCUT2D eigenvalue weighted by Crippen LogP contribution is -1.95. The Labute approximate surface area is 91.7 Å². The second-order valence-corrected chi connectivity index (χ2v) is 3.29. The molecular weight excluding hydrogens is 216 g/mol. The third-order valence-corrected chi connectivity index (χ3v) is 2.36. The van der Waals surface area contributed by atoms with Crippen LogP contribution in [-0.2, 0) is 0 Å². The van der Waals surface area contributed by atoms with Crippen LogP contribution in [0.3, 0.4) is 0 Å². The zero-order chi connectivity index (χ0) is 10.8. The fraction of sp³-hybridized carbons (Fsp3) is 0.100. The first-order valence-electron chi connectivity index (χ1n) is 4.29. The Balaban J connectivity index is 2.41. The maximum atomic E-state index is 9.26. The van der Waals surface area contributed by atoms with Crippen molar-refractivity contribution in [2.24, 2.45) is 0 Å². The van der Waals surface area contributed by atoms with E-state index in [4.69, 9.17) is 16.3 Å². The first kappa shape index (κ1) is 9.86. The highest BCUT2D eigenvalue weighted by Gasteiger charge is 2.08. The largest absolute Gasteiger partial charge is 0.504 e. The van der Waals surface area contributed by atoms with Crippen LogP contribution in [0, 0.1) is 0 Å². The van der Waals surface area contributed by atoms with Crippen LogP contribution in [0.4, 0.5) is 0 Å². The molecule has 0 bridgehead atoms. The smallest absolute Gasteiger partial charge is 0.174 e. The molecule has 1 N–H and O–H groups in total. The summed E-state index contributed by atoms with van der Waals surface area (Å²) in [5.41, 5.74) is 0.765. The van der Waals surface area contributed by atoms with E-state index in [9.17, 15) is 5.11 Å². The molecule has 2 aromatic rings. The van der Waals surface area contributed by atoms with Gasteiger partial charge in [0.05, 0.1) is 19.0 Å². The van der Waals surface area contributed by atoms with E-state index in [2.05, 4.69) is 5.10 Å². The summed E-state index contributed by atoms with van der Waals surface area (Å²) in [5, 5.41) is 13.4. The van der Waals surface area contributed by atoms with Crippen molar-refractivity contribution in [2.45, 2.75) is 0 Å². The molecule has 0 amide bonds. The summed E-state index contributed by atoms with van der Waals surface area (Å²) in [7, 11) is 1.60. The molecule has 0 unspecified atom stereocenters. The molecule has 0 radical (unpaired) electrons. The maximum Gasteiger partial charge on any atom is 0.174 e. The molecule has 1 aromatic carbocycles. The Hall–Kier alpha value is -1.68. The van der Waals surface area contributed by atoms with E-state index in [1.807, 2.05) is 0 Å². The lowest BCUT2D eigenvalue weighted by Gasteiger charge is -2.04. The zero-order valence-electron chi connectivity index (χ0n) is 8.01. The van der Waals surface area contributed by atoms with Crippen LogP contribution in [0.15, 0.2) is 30.5 Å². The van der Waals surface area contributed by atoms with Crippen LogP contribution in [0.25, 0.3) is 5.69 Å². The van der Waals surface area contributed by atoms with Crippen molar-refractivity contribution in [2.75, 3.05) is 7.11 Å². The van der Waals surface area contributed by atoms with Crippen LogP contribution in [0.1, 0.15) is 0 Å². The minimum Gasteiger partial charge on any atom is -0.504 e. The molecule has 1 aromatic heterocycles. The monoisotopic (exact) mass is 224 g/mol. The van der Waals surface area contributed by atoms with Crippen molar-refractivity contribution < 1.29 is 9.84 Å². The number of aromatic hydroxyl groups is 1. The van der Waals surface area contributed by atoms with Crippen molar-refractivity contribution in [1.82, 2.24) is 9.78 Å². The van der Waals surface area contributed by atoms with Gasteiger partial charge in [-0.05, 0) is 24.3 Å². The molecule has 78 valence electrons. The summed E-state index contributed by atoms with van der Waals surface area (Å²) < 4.78 is 6.47. The number of aromatic nitrogens is 2.